The summed E-state index contributed by atoms with van der Waals surface area (Å²) in [6.07, 6.45) is 4.71. The number of aryl methyl sites for hydroxylation is 1. The van der Waals surface area contributed by atoms with Crippen LogP contribution >= 0.6 is 12.6 Å². The summed E-state index contributed by atoms with van der Waals surface area (Å²) in [6, 6.07) is 14.1. The average Bonchev–Trinajstić information content (AvgIpc) is 3.05. The van der Waals surface area contributed by atoms with Crippen LogP contribution in [0.5, 0.6) is 0 Å². The molecule has 3 rings (SSSR count). The van der Waals surface area contributed by atoms with Crippen LogP contribution in [-0.2, 0) is 0 Å². The molecule has 150 valence electrons. The number of nitrogens with two attached hydrogens (primary N) is 1. The molecule has 2 aromatic rings. The third-order valence-corrected chi connectivity index (χ3v) is 4.88. The van der Waals surface area contributed by atoms with Gasteiger partial charge in [-0.2, -0.15) is 0 Å². The quantitative estimate of drug-likeness (QED) is 0.473. The van der Waals surface area contributed by atoms with Gasteiger partial charge in [0, 0.05) is 10.9 Å². The predicted octanol–water partition coefficient (Wildman–Crippen LogP) is 6.26. The summed E-state index contributed by atoms with van der Waals surface area (Å²) in [6.45, 7) is 4.18. The van der Waals surface area contributed by atoms with Crippen LogP contribution in [0.4, 0.5) is 8.87 Å². The van der Waals surface area contributed by atoms with E-state index in [0.29, 0.717) is 0 Å². The molecule has 2 unspecified atom stereocenters. The molecule has 2 aromatic carbocycles. The van der Waals surface area contributed by atoms with E-state index in [1.54, 1.807) is 6.07 Å². The maximum Gasteiger partial charge on any atom is 0.123 e. The van der Waals surface area contributed by atoms with E-state index in [0.717, 1.165) is 47.7 Å². The second-order valence-electron chi connectivity index (χ2n) is 6.62. The van der Waals surface area contributed by atoms with Crippen LogP contribution in [0.3, 0.4) is 0 Å². The monoisotopic (exact) mass is 394 g/mol. The van der Waals surface area contributed by atoms with Crippen molar-refractivity contribution in [3.05, 3.63) is 65.5 Å². The van der Waals surface area contributed by atoms with Gasteiger partial charge in [-0.05, 0) is 63.1 Å². The highest BCUT2D eigenvalue weighted by molar-refractivity contribution is 7.80. The molecule has 27 heavy (non-hydrogen) atoms. The van der Waals surface area contributed by atoms with Crippen molar-refractivity contribution in [3.63, 3.8) is 0 Å². The van der Waals surface area contributed by atoms with Crippen molar-refractivity contribution in [1.82, 2.24) is 5.12 Å². The summed E-state index contributed by atoms with van der Waals surface area (Å²) in [5.41, 5.74) is 6.54. The van der Waals surface area contributed by atoms with Crippen LogP contribution < -0.4 is 5.73 Å². The standard InChI is InChI=1S/C14H19F2N.C7H8S.CH5N/c1-2-3-7-13-8-9-14(17(13)16)11-5-4-6-12(15)10-11;1-6-2-4-7(8)5-3-6;1-2/h4-6,10,13-14H,2-3,7-9H2,1H3;2-5,8H,1H3;2H2,1H3. The molecule has 0 amide bonds. The highest BCUT2D eigenvalue weighted by Crippen LogP contribution is 2.38. The lowest BCUT2D eigenvalue weighted by molar-refractivity contribution is -0.0334. The van der Waals surface area contributed by atoms with Crippen molar-refractivity contribution < 1.29 is 8.87 Å². The number of rotatable bonds is 4. The van der Waals surface area contributed by atoms with Gasteiger partial charge in [0.25, 0.3) is 0 Å². The topological polar surface area (TPSA) is 29.3 Å². The Balaban J connectivity index is 0.000000305. The van der Waals surface area contributed by atoms with Crippen LogP contribution in [0.15, 0.2) is 53.4 Å². The Morgan fingerprint density at radius 3 is 2.33 bits per heavy atom. The number of nitrogens with zero attached hydrogens (tertiary/aromatic N) is 1. The Hall–Kier alpha value is -1.43. The Morgan fingerprint density at radius 2 is 1.78 bits per heavy atom. The highest BCUT2D eigenvalue weighted by atomic mass is 32.1. The van der Waals surface area contributed by atoms with Crippen LogP contribution in [-0.4, -0.2) is 18.2 Å². The first-order valence-electron chi connectivity index (χ1n) is 9.54. The lowest BCUT2D eigenvalue weighted by Gasteiger charge is -2.21. The molecule has 0 radical (unpaired) electrons. The van der Waals surface area contributed by atoms with Gasteiger partial charge in [-0.1, -0.05) is 49.6 Å². The summed E-state index contributed by atoms with van der Waals surface area (Å²) < 4.78 is 27.2. The molecule has 0 aliphatic carbocycles. The Labute approximate surface area is 168 Å². The van der Waals surface area contributed by atoms with Crippen molar-refractivity contribution in [3.8, 4) is 0 Å². The number of hydrogen-bond acceptors (Lipinski definition) is 3. The molecule has 1 aliphatic heterocycles. The zero-order valence-corrected chi connectivity index (χ0v) is 17.4. The van der Waals surface area contributed by atoms with E-state index in [-0.39, 0.29) is 17.9 Å². The maximum atomic E-state index is 14.1. The summed E-state index contributed by atoms with van der Waals surface area (Å²) >= 11 is 4.13. The Morgan fingerprint density at radius 1 is 1.11 bits per heavy atom. The number of halogens is 2. The first kappa shape index (κ1) is 23.6. The molecular formula is C22H32F2N2S. The number of benzene rings is 2. The number of thiol groups is 1. The second-order valence-corrected chi connectivity index (χ2v) is 7.14. The van der Waals surface area contributed by atoms with Crippen molar-refractivity contribution in [2.24, 2.45) is 5.73 Å². The molecule has 2 atom stereocenters. The van der Waals surface area contributed by atoms with E-state index >= 15 is 0 Å². The lowest BCUT2D eigenvalue weighted by Crippen LogP contribution is -2.23. The van der Waals surface area contributed by atoms with Gasteiger partial charge < -0.3 is 5.73 Å². The van der Waals surface area contributed by atoms with Gasteiger partial charge in [0.05, 0.1) is 6.04 Å². The minimum absolute atomic E-state index is 0.0169. The van der Waals surface area contributed by atoms with E-state index in [9.17, 15) is 8.87 Å². The van der Waals surface area contributed by atoms with Gasteiger partial charge in [0.2, 0.25) is 0 Å². The fourth-order valence-corrected chi connectivity index (χ4v) is 3.28. The van der Waals surface area contributed by atoms with Crippen molar-refractivity contribution in [2.75, 3.05) is 7.05 Å². The fraction of sp³-hybridized carbons (Fsp3) is 0.455. The zero-order chi connectivity index (χ0) is 20.2. The normalized spacial score (nSPS) is 18.9. The van der Waals surface area contributed by atoms with Crippen LogP contribution in [0.2, 0.25) is 0 Å². The number of unbranched alkanes of at least 4 members (excludes halogenated alkanes) is 1. The molecular weight excluding hydrogens is 362 g/mol. The summed E-state index contributed by atoms with van der Waals surface area (Å²) in [5.74, 6) is -0.284. The van der Waals surface area contributed by atoms with E-state index in [4.69, 9.17) is 0 Å². The summed E-state index contributed by atoms with van der Waals surface area (Å²) in [7, 11) is 1.50. The highest BCUT2D eigenvalue weighted by Gasteiger charge is 2.34. The van der Waals surface area contributed by atoms with Crippen molar-refractivity contribution in [1.29, 1.82) is 0 Å². The van der Waals surface area contributed by atoms with E-state index in [1.165, 1.54) is 24.7 Å². The van der Waals surface area contributed by atoms with Crippen LogP contribution in [0.1, 0.15) is 56.2 Å². The minimum Gasteiger partial charge on any atom is -0.333 e. The molecule has 1 aliphatic rings. The van der Waals surface area contributed by atoms with Crippen molar-refractivity contribution in [2.45, 2.75) is 62.9 Å². The minimum atomic E-state index is -0.284. The average molecular weight is 395 g/mol. The van der Waals surface area contributed by atoms with Gasteiger partial charge in [-0.3, -0.25) is 0 Å². The first-order chi connectivity index (χ1) is 13.0. The molecule has 1 fully saturated rings. The van der Waals surface area contributed by atoms with Crippen LogP contribution in [0.25, 0.3) is 0 Å². The fourth-order valence-electron chi connectivity index (χ4n) is 3.13. The first-order valence-corrected chi connectivity index (χ1v) is 9.99. The summed E-state index contributed by atoms with van der Waals surface area (Å²) in [4.78, 5) is 1.02. The molecule has 1 heterocycles. The van der Waals surface area contributed by atoms with E-state index in [2.05, 4.69) is 32.2 Å². The SMILES string of the molecule is CCCCC1CCC(c2cccc(F)c2)N1F.CN.Cc1ccc(S)cc1. The van der Waals surface area contributed by atoms with E-state index < -0.39 is 0 Å². The third kappa shape index (κ3) is 7.99. The molecule has 2 N–H and O–H groups in total. The molecule has 0 spiro atoms. The van der Waals surface area contributed by atoms with Gasteiger partial charge in [-0.15, -0.1) is 22.2 Å². The van der Waals surface area contributed by atoms with Crippen molar-refractivity contribution >= 4 is 12.6 Å². The second kappa shape index (κ2) is 12.9. The Kier molecular flexibility index (Phi) is 11.3. The molecule has 5 heteroatoms. The molecule has 1 saturated heterocycles. The van der Waals surface area contributed by atoms with E-state index in [1.807, 2.05) is 30.3 Å². The molecule has 2 nitrogen and oxygen atoms in total. The predicted molar refractivity (Wildman–Crippen MR) is 113 cm³/mol. The lowest BCUT2D eigenvalue weighted by atomic mass is 10.0. The van der Waals surface area contributed by atoms with Gasteiger partial charge in [0.15, 0.2) is 0 Å². The zero-order valence-electron chi connectivity index (χ0n) is 16.5. The largest absolute Gasteiger partial charge is 0.333 e. The molecule has 0 aromatic heterocycles. The smallest absolute Gasteiger partial charge is 0.123 e. The third-order valence-electron chi connectivity index (χ3n) is 4.58. The van der Waals surface area contributed by atoms with Gasteiger partial charge >= 0.3 is 0 Å². The maximum absolute atomic E-state index is 14.1. The number of hydrogen-bond donors (Lipinski definition) is 2. The summed E-state index contributed by atoms with van der Waals surface area (Å²) in [5, 5.41) is 0.935. The molecule has 0 bridgehead atoms. The van der Waals surface area contributed by atoms with Gasteiger partial charge in [0.1, 0.15) is 5.82 Å². The van der Waals surface area contributed by atoms with Crippen LogP contribution in [0, 0.1) is 12.7 Å². The van der Waals surface area contributed by atoms with Gasteiger partial charge in [-0.25, -0.2) is 4.39 Å². The Bertz CT molecular complexity index is 628. The molecule has 0 saturated carbocycles.